The van der Waals surface area contributed by atoms with E-state index < -0.39 is 0 Å². The molecule has 0 unspecified atom stereocenters. The summed E-state index contributed by atoms with van der Waals surface area (Å²) in [4.78, 5) is 4.14. The second-order valence-electron chi connectivity index (χ2n) is 7.45. The first-order valence-electron chi connectivity index (χ1n) is 9.97. The quantitative estimate of drug-likeness (QED) is 0.360. The van der Waals surface area contributed by atoms with E-state index in [2.05, 4.69) is 10.1 Å². The minimum Gasteiger partial charge on any atom is -0.489 e. The molecule has 0 amide bonds. The Labute approximate surface area is 195 Å². The van der Waals surface area contributed by atoms with Gasteiger partial charge in [-0.05, 0) is 49.5 Å². The number of nitrogens with one attached hydrogen (secondary N) is 1. The number of nitrogens with two attached hydrogens (primary N) is 1. The Morgan fingerprint density at radius 1 is 1.29 bits per heavy atom. The Balaban J connectivity index is 1.52. The topological polar surface area (TPSA) is 89.8 Å². The van der Waals surface area contributed by atoms with E-state index in [4.69, 9.17) is 39.1 Å². The van der Waals surface area contributed by atoms with Crippen molar-refractivity contribution in [3.63, 3.8) is 0 Å². The number of anilines is 1. The molecule has 0 atom stereocenters. The molecule has 0 aliphatic carbocycles. The molecule has 2 aromatic heterocycles. The number of hydrogen-bond acceptors (Lipinski definition) is 6. The lowest BCUT2D eigenvalue weighted by molar-refractivity contribution is 0.306. The van der Waals surface area contributed by atoms with E-state index in [1.54, 1.807) is 30.6 Å². The minimum atomic E-state index is 0.190. The zero-order chi connectivity index (χ0) is 22.0. The van der Waals surface area contributed by atoms with Gasteiger partial charge in [-0.3, -0.25) is 15.1 Å². The lowest BCUT2D eigenvalue weighted by atomic mass is 10.0. The smallest absolute Gasteiger partial charge is 0.120 e. The van der Waals surface area contributed by atoms with E-state index in [-0.39, 0.29) is 6.61 Å². The normalized spacial score (nSPS) is 14.5. The average molecular weight is 476 g/mol. The van der Waals surface area contributed by atoms with Gasteiger partial charge in [0.05, 0.1) is 33.7 Å². The van der Waals surface area contributed by atoms with Gasteiger partial charge < -0.3 is 10.5 Å². The van der Waals surface area contributed by atoms with E-state index in [1.165, 1.54) is 0 Å². The van der Waals surface area contributed by atoms with Crippen LogP contribution in [0.2, 0.25) is 10.0 Å². The van der Waals surface area contributed by atoms with Crippen molar-refractivity contribution in [2.45, 2.75) is 32.4 Å². The molecule has 3 aromatic rings. The maximum Gasteiger partial charge on any atom is 0.120 e. The third kappa shape index (κ3) is 4.84. The molecule has 1 saturated heterocycles. The molecule has 1 aromatic carbocycles. The van der Waals surface area contributed by atoms with Gasteiger partial charge in [0, 0.05) is 34.8 Å². The standard InChI is InChI=1S/C22H23Cl2N5OS/c1-13-21(24)18(19(23)10-27-13)12-30-16-2-3-20(25)17(8-16)22(26)14-9-28-29(11-14)15-4-6-31-7-5-15/h2-3,8-11,15,26H,4-7,12,25H2,1H3. The Hall–Kier alpha value is -2.22. The van der Waals surface area contributed by atoms with Gasteiger partial charge in [0.15, 0.2) is 0 Å². The molecule has 9 heteroatoms. The number of aromatic nitrogens is 3. The van der Waals surface area contributed by atoms with E-state index in [0.29, 0.717) is 50.1 Å². The number of halogens is 2. The number of benzene rings is 1. The Kier molecular flexibility index (Phi) is 6.74. The van der Waals surface area contributed by atoms with Crippen LogP contribution >= 0.6 is 35.0 Å². The number of nitrogen functional groups attached to an aromatic ring is 1. The molecule has 1 aliphatic heterocycles. The van der Waals surface area contributed by atoms with Gasteiger partial charge in [0.2, 0.25) is 0 Å². The van der Waals surface area contributed by atoms with Gasteiger partial charge in [-0.1, -0.05) is 23.2 Å². The van der Waals surface area contributed by atoms with Crippen LogP contribution in [-0.4, -0.2) is 32.0 Å². The first-order chi connectivity index (χ1) is 14.9. The third-order valence-electron chi connectivity index (χ3n) is 5.37. The number of nitrogens with zero attached hydrogens (tertiary/aromatic N) is 3. The second-order valence-corrected chi connectivity index (χ2v) is 9.46. The SMILES string of the molecule is Cc1ncc(Cl)c(COc2ccc(N)c(C(=N)c3cnn(C4CCSCC4)c3)c2)c1Cl. The van der Waals surface area contributed by atoms with Gasteiger partial charge >= 0.3 is 0 Å². The molecule has 1 aliphatic rings. The predicted octanol–water partition coefficient (Wildman–Crippen LogP) is 5.54. The summed E-state index contributed by atoms with van der Waals surface area (Å²) in [5.41, 5.74) is 9.70. The first kappa shape index (κ1) is 22.0. The zero-order valence-electron chi connectivity index (χ0n) is 17.1. The van der Waals surface area contributed by atoms with Gasteiger partial charge in [0.25, 0.3) is 0 Å². The fourth-order valence-corrected chi connectivity index (χ4v) is 5.05. The van der Waals surface area contributed by atoms with Crippen LogP contribution in [0.15, 0.2) is 36.8 Å². The highest BCUT2D eigenvalue weighted by molar-refractivity contribution is 7.99. The number of hydrogen-bond donors (Lipinski definition) is 2. The maximum absolute atomic E-state index is 8.68. The highest BCUT2D eigenvalue weighted by Gasteiger charge is 2.19. The molecule has 6 nitrogen and oxygen atoms in total. The Morgan fingerprint density at radius 3 is 2.84 bits per heavy atom. The number of rotatable bonds is 6. The van der Waals surface area contributed by atoms with Crippen molar-refractivity contribution >= 4 is 46.4 Å². The van der Waals surface area contributed by atoms with Crippen molar-refractivity contribution in [2.75, 3.05) is 17.2 Å². The average Bonchev–Trinajstić information content (AvgIpc) is 3.28. The monoisotopic (exact) mass is 475 g/mol. The van der Waals surface area contributed by atoms with Crippen LogP contribution in [0.3, 0.4) is 0 Å². The van der Waals surface area contributed by atoms with Crippen LogP contribution in [0.1, 0.15) is 41.3 Å². The van der Waals surface area contributed by atoms with Gasteiger partial charge in [-0.25, -0.2) is 0 Å². The maximum atomic E-state index is 8.68. The molecule has 0 spiro atoms. The van der Waals surface area contributed by atoms with Gasteiger partial charge in [-0.2, -0.15) is 16.9 Å². The summed E-state index contributed by atoms with van der Waals surface area (Å²) in [5, 5.41) is 14.1. The van der Waals surface area contributed by atoms with Crippen molar-refractivity contribution in [1.82, 2.24) is 14.8 Å². The minimum absolute atomic E-state index is 0.190. The molecule has 162 valence electrons. The van der Waals surface area contributed by atoms with Crippen LogP contribution in [0.25, 0.3) is 0 Å². The molecule has 3 N–H and O–H groups in total. The number of aryl methyl sites for hydroxylation is 1. The molecule has 0 bridgehead atoms. The van der Waals surface area contributed by atoms with Gasteiger partial charge in [-0.15, -0.1) is 0 Å². The summed E-state index contributed by atoms with van der Waals surface area (Å²) in [6, 6.07) is 5.67. The summed E-state index contributed by atoms with van der Waals surface area (Å²) in [6.07, 6.45) is 7.44. The van der Waals surface area contributed by atoms with Crippen molar-refractivity contribution in [1.29, 1.82) is 5.41 Å². The Bertz CT molecular complexity index is 1110. The van der Waals surface area contributed by atoms with E-state index in [9.17, 15) is 0 Å². The van der Waals surface area contributed by atoms with Crippen LogP contribution < -0.4 is 10.5 Å². The molecular weight excluding hydrogens is 453 g/mol. The lowest BCUT2D eigenvalue weighted by Crippen LogP contribution is -2.15. The van der Waals surface area contributed by atoms with Crippen molar-refractivity contribution in [3.05, 3.63) is 69.2 Å². The van der Waals surface area contributed by atoms with Crippen molar-refractivity contribution in [3.8, 4) is 5.75 Å². The summed E-state index contributed by atoms with van der Waals surface area (Å²) >= 11 is 14.5. The predicted molar refractivity (Wildman–Crippen MR) is 128 cm³/mol. The number of thioether (sulfide) groups is 1. The van der Waals surface area contributed by atoms with E-state index >= 15 is 0 Å². The fourth-order valence-electron chi connectivity index (χ4n) is 3.51. The number of ether oxygens (including phenoxy) is 1. The summed E-state index contributed by atoms with van der Waals surface area (Å²) in [6.45, 7) is 2.01. The van der Waals surface area contributed by atoms with Crippen LogP contribution in [-0.2, 0) is 6.61 Å². The van der Waals surface area contributed by atoms with Crippen LogP contribution in [0, 0.1) is 12.3 Å². The second kappa shape index (κ2) is 9.51. The lowest BCUT2D eigenvalue weighted by Gasteiger charge is -2.21. The number of pyridine rings is 1. The molecule has 31 heavy (non-hydrogen) atoms. The molecule has 4 rings (SSSR count). The molecule has 0 saturated carbocycles. The van der Waals surface area contributed by atoms with Crippen LogP contribution in [0.5, 0.6) is 5.75 Å². The summed E-state index contributed by atoms with van der Waals surface area (Å²) in [5.74, 6) is 2.87. The fraction of sp³-hybridized carbons (Fsp3) is 0.318. The third-order valence-corrected chi connectivity index (χ3v) is 7.25. The largest absolute Gasteiger partial charge is 0.489 e. The first-order valence-corrected chi connectivity index (χ1v) is 11.9. The van der Waals surface area contributed by atoms with Crippen molar-refractivity contribution < 1.29 is 4.74 Å². The molecule has 0 radical (unpaired) electrons. The van der Waals surface area contributed by atoms with E-state index in [0.717, 1.165) is 29.9 Å². The Morgan fingerprint density at radius 2 is 2.06 bits per heavy atom. The molecule has 3 heterocycles. The van der Waals surface area contributed by atoms with E-state index in [1.807, 2.05) is 29.6 Å². The highest BCUT2D eigenvalue weighted by Crippen LogP contribution is 2.30. The molecular formula is C22H23Cl2N5OS. The molecule has 1 fully saturated rings. The highest BCUT2D eigenvalue weighted by atomic mass is 35.5. The van der Waals surface area contributed by atoms with Gasteiger partial charge in [0.1, 0.15) is 12.4 Å². The zero-order valence-corrected chi connectivity index (χ0v) is 19.4. The van der Waals surface area contributed by atoms with Crippen molar-refractivity contribution in [2.24, 2.45) is 0 Å². The summed E-state index contributed by atoms with van der Waals surface area (Å²) in [7, 11) is 0. The van der Waals surface area contributed by atoms with Crippen LogP contribution in [0.4, 0.5) is 5.69 Å². The summed E-state index contributed by atoms with van der Waals surface area (Å²) < 4.78 is 7.90.